The summed E-state index contributed by atoms with van der Waals surface area (Å²) in [5, 5.41) is 5.51. The third kappa shape index (κ3) is 2.79. The number of aryl methyl sites for hydroxylation is 1. The summed E-state index contributed by atoms with van der Waals surface area (Å²) in [7, 11) is 1.90. The highest BCUT2D eigenvalue weighted by molar-refractivity contribution is 5.89. The van der Waals surface area contributed by atoms with Crippen LogP contribution in [0.15, 0.2) is 48.5 Å². The van der Waals surface area contributed by atoms with Crippen LogP contribution in [0, 0.1) is 0 Å². The van der Waals surface area contributed by atoms with Crippen LogP contribution >= 0.6 is 0 Å². The van der Waals surface area contributed by atoms with Gasteiger partial charge in [-0.2, -0.15) is 5.10 Å². The van der Waals surface area contributed by atoms with Gasteiger partial charge >= 0.3 is 0 Å². The van der Waals surface area contributed by atoms with Crippen molar-refractivity contribution >= 4 is 22.4 Å². The van der Waals surface area contributed by atoms with E-state index in [4.69, 9.17) is 5.73 Å². The molecule has 4 heteroatoms. The van der Waals surface area contributed by atoms with Crippen LogP contribution in [-0.4, -0.2) is 15.6 Å². The van der Waals surface area contributed by atoms with Gasteiger partial charge < -0.3 is 5.73 Å². The number of rotatable bonds is 4. The average molecular weight is 279 g/mol. The SMILES string of the molecule is Cn1nc(CC(=O)Cc2ccc(N)cc2)c2ccccc21. The average Bonchev–Trinajstić information content (AvgIpc) is 2.78. The molecule has 1 aromatic heterocycles. The Morgan fingerprint density at radius 1 is 1.10 bits per heavy atom. The highest BCUT2D eigenvalue weighted by Gasteiger charge is 2.12. The van der Waals surface area contributed by atoms with Gasteiger partial charge in [-0.3, -0.25) is 9.48 Å². The highest BCUT2D eigenvalue weighted by Crippen LogP contribution is 2.18. The fourth-order valence-electron chi connectivity index (χ4n) is 2.53. The van der Waals surface area contributed by atoms with E-state index < -0.39 is 0 Å². The van der Waals surface area contributed by atoms with Gasteiger partial charge in [0, 0.05) is 24.5 Å². The second-order valence-corrected chi connectivity index (χ2v) is 5.22. The van der Waals surface area contributed by atoms with E-state index in [1.165, 1.54) is 0 Å². The number of hydrogen-bond donors (Lipinski definition) is 1. The lowest BCUT2D eigenvalue weighted by Crippen LogP contribution is -2.07. The molecule has 1 heterocycles. The van der Waals surface area contributed by atoms with Crippen LogP contribution in [0.1, 0.15) is 11.3 Å². The maximum atomic E-state index is 12.2. The van der Waals surface area contributed by atoms with Crippen LogP contribution in [0.5, 0.6) is 0 Å². The number of nitrogens with zero attached hydrogens (tertiary/aromatic N) is 2. The van der Waals surface area contributed by atoms with Crippen LogP contribution in [0.2, 0.25) is 0 Å². The predicted octanol–water partition coefficient (Wildman–Crippen LogP) is 2.51. The smallest absolute Gasteiger partial charge is 0.143 e. The van der Waals surface area contributed by atoms with Gasteiger partial charge in [0.2, 0.25) is 0 Å². The second-order valence-electron chi connectivity index (χ2n) is 5.22. The lowest BCUT2D eigenvalue weighted by Gasteiger charge is -2.01. The van der Waals surface area contributed by atoms with Crippen LogP contribution in [0.4, 0.5) is 5.69 Å². The van der Waals surface area contributed by atoms with E-state index >= 15 is 0 Å². The molecule has 0 radical (unpaired) electrons. The van der Waals surface area contributed by atoms with Crippen molar-refractivity contribution in [1.82, 2.24) is 9.78 Å². The van der Waals surface area contributed by atoms with Crippen molar-refractivity contribution in [3.63, 3.8) is 0 Å². The van der Waals surface area contributed by atoms with Crippen LogP contribution < -0.4 is 5.73 Å². The molecule has 0 atom stereocenters. The number of nitrogen functional groups attached to an aromatic ring is 1. The van der Waals surface area contributed by atoms with Gasteiger partial charge in [-0.15, -0.1) is 0 Å². The second kappa shape index (κ2) is 5.40. The van der Waals surface area contributed by atoms with Gasteiger partial charge in [-0.05, 0) is 23.8 Å². The first kappa shape index (κ1) is 13.4. The molecule has 0 saturated heterocycles. The fraction of sp³-hybridized carbons (Fsp3) is 0.176. The van der Waals surface area contributed by atoms with Crippen LogP contribution in [0.25, 0.3) is 10.9 Å². The summed E-state index contributed by atoms with van der Waals surface area (Å²) in [6.07, 6.45) is 0.761. The van der Waals surface area contributed by atoms with E-state index in [0.717, 1.165) is 22.2 Å². The molecule has 0 unspecified atom stereocenters. The number of para-hydroxylation sites is 1. The zero-order valence-electron chi connectivity index (χ0n) is 11.9. The maximum Gasteiger partial charge on any atom is 0.143 e. The Kier molecular flexibility index (Phi) is 3.44. The van der Waals surface area contributed by atoms with Gasteiger partial charge in [-0.25, -0.2) is 0 Å². The molecule has 4 nitrogen and oxygen atoms in total. The van der Waals surface area contributed by atoms with E-state index in [0.29, 0.717) is 18.5 Å². The van der Waals surface area contributed by atoms with E-state index in [1.54, 1.807) is 0 Å². The van der Waals surface area contributed by atoms with Gasteiger partial charge in [0.05, 0.1) is 17.6 Å². The number of Topliss-reactive ketones (excluding diaryl/α,β-unsaturated/α-hetero) is 1. The van der Waals surface area contributed by atoms with E-state index in [-0.39, 0.29) is 5.78 Å². The topological polar surface area (TPSA) is 60.9 Å². The predicted molar refractivity (Wildman–Crippen MR) is 84.0 cm³/mol. The Balaban J connectivity index is 1.79. The molecule has 0 aliphatic heterocycles. The van der Waals surface area contributed by atoms with Crippen molar-refractivity contribution in [2.24, 2.45) is 7.05 Å². The molecule has 3 aromatic rings. The van der Waals surface area contributed by atoms with E-state index in [1.807, 2.05) is 60.3 Å². The summed E-state index contributed by atoms with van der Waals surface area (Å²) in [6.45, 7) is 0. The number of carbonyl (C=O) groups is 1. The monoisotopic (exact) mass is 279 g/mol. The number of ketones is 1. The van der Waals surface area contributed by atoms with Crippen LogP contribution in [-0.2, 0) is 24.7 Å². The maximum absolute atomic E-state index is 12.2. The van der Waals surface area contributed by atoms with Crippen molar-refractivity contribution < 1.29 is 4.79 Å². The highest BCUT2D eigenvalue weighted by atomic mass is 16.1. The van der Waals surface area contributed by atoms with Gasteiger partial charge in [0.1, 0.15) is 5.78 Å². The summed E-state index contributed by atoms with van der Waals surface area (Å²) in [5.41, 5.74) is 9.23. The number of anilines is 1. The molecule has 2 aromatic carbocycles. The Hall–Kier alpha value is -2.62. The number of fused-ring (bicyclic) bond motifs is 1. The molecular weight excluding hydrogens is 262 g/mol. The minimum Gasteiger partial charge on any atom is -0.399 e. The van der Waals surface area contributed by atoms with Crippen molar-refractivity contribution in [2.75, 3.05) is 5.73 Å². The van der Waals surface area contributed by atoms with E-state index in [9.17, 15) is 4.79 Å². The molecule has 0 aliphatic carbocycles. The Bertz CT molecular complexity index is 787. The zero-order valence-corrected chi connectivity index (χ0v) is 11.9. The number of carbonyl (C=O) groups excluding carboxylic acids is 1. The molecule has 0 spiro atoms. The van der Waals surface area contributed by atoms with Crippen LogP contribution in [0.3, 0.4) is 0 Å². The molecule has 0 amide bonds. The van der Waals surface area contributed by atoms with Crippen molar-refractivity contribution in [3.05, 3.63) is 59.8 Å². The third-order valence-corrected chi connectivity index (χ3v) is 3.58. The lowest BCUT2D eigenvalue weighted by molar-refractivity contribution is -0.117. The molecule has 0 fully saturated rings. The van der Waals surface area contributed by atoms with E-state index in [2.05, 4.69) is 5.10 Å². The quantitative estimate of drug-likeness (QED) is 0.746. The normalized spacial score (nSPS) is 10.9. The van der Waals surface area contributed by atoms with Crippen molar-refractivity contribution in [2.45, 2.75) is 12.8 Å². The van der Waals surface area contributed by atoms with Gasteiger partial charge in [0.25, 0.3) is 0 Å². The lowest BCUT2D eigenvalue weighted by atomic mass is 10.0. The molecule has 3 rings (SSSR count). The van der Waals surface area contributed by atoms with Crippen molar-refractivity contribution in [3.8, 4) is 0 Å². The minimum atomic E-state index is 0.156. The zero-order chi connectivity index (χ0) is 14.8. The summed E-state index contributed by atoms with van der Waals surface area (Å²) < 4.78 is 1.82. The largest absolute Gasteiger partial charge is 0.399 e. The molecule has 21 heavy (non-hydrogen) atoms. The standard InChI is InChI=1S/C17H17N3O/c1-20-17-5-3-2-4-15(17)16(19-20)11-14(21)10-12-6-8-13(18)9-7-12/h2-9H,10-11,18H2,1H3. The molecule has 106 valence electrons. The number of hydrogen-bond acceptors (Lipinski definition) is 3. The summed E-state index contributed by atoms with van der Waals surface area (Å²) in [6, 6.07) is 15.4. The van der Waals surface area contributed by atoms with Gasteiger partial charge in [0.15, 0.2) is 0 Å². The number of benzene rings is 2. The third-order valence-electron chi connectivity index (χ3n) is 3.58. The summed E-state index contributed by atoms with van der Waals surface area (Å²) >= 11 is 0. The summed E-state index contributed by atoms with van der Waals surface area (Å²) in [4.78, 5) is 12.2. The Labute approximate surface area is 123 Å². The fourth-order valence-corrected chi connectivity index (χ4v) is 2.53. The summed E-state index contributed by atoms with van der Waals surface area (Å²) in [5.74, 6) is 0.156. The number of nitrogens with two attached hydrogens (primary N) is 1. The van der Waals surface area contributed by atoms with Crippen molar-refractivity contribution in [1.29, 1.82) is 0 Å². The molecule has 0 saturated carbocycles. The molecular formula is C17H17N3O. The molecule has 2 N–H and O–H groups in total. The first-order valence-corrected chi connectivity index (χ1v) is 6.90. The Morgan fingerprint density at radius 3 is 2.57 bits per heavy atom. The molecule has 0 aliphatic rings. The number of aromatic nitrogens is 2. The van der Waals surface area contributed by atoms with Gasteiger partial charge in [-0.1, -0.05) is 30.3 Å². The first-order chi connectivity index (χ1) is 10.1. The Morgan fingerprint density at radius 2 is 1.81 bits per heavy atom. The minimum absolute atomic E-state index is 0.156. The molecule has 0 bridgehead atoms. The first-order valence-electron chi connectivity index (χ1n) is 6.90.